The molecule has 1 heterocycles. The fraction of sp³-hybridized carbons (Fsp3) is 0.500. The van der Waals surface area contributed by atoms with Crippen LogP contribution >= 0.6 is 11.8 Å². The van der Waals surface area contributed by atoms with Crippen molar-refractivity contribution in [3.05, 3.63) is 35.4 Å². The number of amides is 2. The van der Waals surface area contributed by atoms with Crippen molar-refractivity contribution in [2.75, 3.05) is 11.9 Å². The number of hydrogen-bond acceptors (Lipinski definition) is 5. The molecule has 1 atom stereocenters. The summed E-state index contributed by atoms with van der Waals surface area (Å²) in [6.07, 6.45) is 5.61. The first-order valence-corrected chi connectivity index (χ1v) is 10.9. The highest BCUT2D eigenvalue weighted by Gasteiger charge is 2.25. The number of thioether (sulfide) groups is 1. The molecule has 1 unspecified atom stereocenters. The third-order valence-corrected chi connectivity index (χ3v) is 6.22. The Labute approximate surface area is 182 Å². The molecule has 11 heteroatoms. The summed E-state index contributed by atoms with van der Waals surface area (Å²) in [7, 11) is 0. The highest BCUT2D eigenvalue weighted by atomic mass is 32.2. The number of halogens is 3. The fourth-order valence-corrected chi connectivity index (χ4v) is 4.52. The average Bonchev–Trinajstić information content (AvgIpc) is 3.12. The number of carbonyl (C=O) groups is 2. The Hall–Kier alpha value is -2.56. The monoisotopic (exact) mass is 455 g/mol. The molecule has 168 valence electrons. The molecule has 0 saturated heterocycles. The molecule has 1 saturated carbocycles. The van der Waals surface area contributed by atoms with Gasteiger partial charge in [0.15, 0.2) is 22.6 Å². The maximum Gasteiger partial charge on any atom is 0.243 e. The van der Waals surface area contributed by atoms with E-state index in [0.29, 0.717) is 17.3 Å². The quantitative estimate of drug-likeness (QED) is 0.490. The van der Waals surface area contributed by atoms with Crippen LogP contribution in [0.4, 0.5) is 18.9 Å². The molecule has 1 aromatic carbocycles. The van der Waals surface area contributed by atoms with Gasteiger partial charge in [-0.25, -0.2) is 13.2 Å². The van der Waals surface area contributed by atoms with Crippen LogP contribution in [0.3, 0.4) is 0 Å². The second kappa shape index (κ2) is 10.2. The van der Waals surface area contributed by atoms with E-state index in [2.05, 4.69) is 25.4 Å². The van der Waals surface area contributed by atoms with E-state index in [1.165, 1.54) is 18.2 Å². The molecule has 0 bridgehead atoms. The molecule has 1 aliphatic rings. The van der Waals surface area contributed by atoms with Crippen LogP contribution in [0.2, 0.25) is 0 Å². The molecule has 1 aliphatic carbocycles. The van der Waals surface area contributed by atoms with Crippen molar-refractivity contribution in [2.24, 2.45) is 0 Å². The fourth-order valence-electron chi connectivity index (χ4n) is 3.53. The number of rotatable bonds is 7. The minimum absolute atomic E-state index is 0.318. The van der Waals surface area contributed by atoms with Crippen LogP contribution in [-0.2, 0) is 9.59 Å². The van der Waals surface area contributed by atoms with E-state index >= 15 is 0 Å². The lowest BCUT2D eigenvalue weighted by Crippen LogP contribution is -2.37. The van der Waals surface area contributed by atoms with E-state index < -0.39 is 46.7 Å². The normalized spacial score (nSPS) is 15.5. The zero-order valence-electron chi connectivity index (χ0n) is 17.3. The van der Waals surface area contributed by atoms with E-state index in [0.717, 1.165) is 37.6 Å². The van der Waals surface area contributed by atoms with Gasteiger partial charge in [-0.3, -0.25) is 9.59 Å². The van der Waals surface area contributed by atoms with Crippen LogP contribution < -0.4 is 10.6 Å². The first-order valence-electron chi connectivity index (χ1n) is 10.1. The molecular formula is C20H24F3N5O2S. The number of aromatic nitrogens is 3. The molecule has 2 N–H and O–H groups in total. The molecule has 31 heavy (non-hydrogen) atoms. The summed E-state index contributed by atoms with van der Waals surface area (Å²) >= 11 is 1.25. The molecule has 7 nitrogen and oxygen atoms in total. The van der Waals surface area contributed by atoms with Gasteiger partial charge in [-0.15, -0.1) is 10.2 Å². The van der Waals surface area contributed by atoms with Crippen LogP contribution in [0.1, 0.15) is 50.9 Å². The Morgan fingerprint density at radius 3 is 2.58 bits per heavy atom. The van der Waals surface area contributed by atoms with Gasteiger partial charge in [0.25, 0.3) is 0 Å². The molecule has 0 aliphatic heterocycles. The van der Waals surface area contributed by atoms with Gasteiger partial charge in [-0.2, -0.15) is 0 Å². The lowest BCUT2D eigenvalue weighted by atomic mass is 9.95. The summed E-state index contributed by atoms with van der Waals surface area (Å²) in [5, 5.41) is 13.0. The summed E-state index contributed by atoms with van der Waals surface area (Å²) < 4.78 is 41.9. The Kier molecular flexibility index (Phi) is 7.58. The van der Waals surface area contributed by atoms with Crippen molar-refractivity contribution in [1.29, 1.82) is 0 Å². The van der Waals surface area contributed by atoms with Gasteiger partial charge in [0, 0.05) is 6.04 Å². The summed E-state index contributed by atoms with van der Waals surface area (Å²) in [6, 6.07) is 1.93. The van der Waals surface area contributed by atoms with E-state index in [4.69, 9.17) is 0 Å². The average molecular weight is 456 g/mol. The van der Waals surface area contributed by atoms with Crippen LogP contribution in [0, 0.1) is 24.4 Å². The van der Waals surface area contributed by atoms with Gasteiger partial charge < -0.3 is 15.2 Å². The van der Waals surface area contributed by atoms with Gasteiger partial charge >= 0.3 is 0 Å². The number of nitrogens with zero attached hydrogens (tertiary/aromatic N) is 3. The predicted octanol–water partition coefficient (Wildman–Crippen LogP) is 3.74. The minimum atomic E-state index is -1.68. The van der Waals surface area contributed by atoms with E-state index in [-0.39, 0.29) is 0 Å². The van der Waals surface area contributed by atoms with Crippen molar-refractivity contribution in [2.45, 2.75) is 62.4 Å². The summed E-state index contributed by atoms with van der Waals surface area (Å²) in [6.45, 7) is 3.12. The number of hydrogen-bond donors (Lipinski definition) is 2. The van der Waals surface area contributed by atoms with E-state index in [1.807, 2.05) is 6.92 Å². The second-order valence-electron chi connectivity index (χ2n) is 7.44. The lowest BCUT2D eigenvalue weighted by molar-refractivity contribution is -0.123. The molecular weight excluding hydrogens is 431 g/mol. The summed E-state index contributed by atoms with van der Waals surface area (Å²) in [4.78, 5) is 24.4. The Morgan fingerprint density at radius 2 is 1.87 bits per heavy atom. The van der Waals surface area contributed by atoms with Gasteiger partial charge in [0.2, 0.25) is 11.8 Å². The van der Waals surface area contributed by atoms with E-state index in [9.17, 15) is 22.8 Å². The molecule has 3 rings (SSSR count). The minimum Gasteiger partial charge on any atom is -0.346 e. The molecule has 1 fully saturated rings. The Bertz CT molecular complexity index is 963. The number of nitrogens with one attached hydrogen (secondary N) is 2. The Morgan fingerprint density at radius 1 is 1.16 bits per heavy atom. The maximum atomic E-state index is 13.6. The number of carbonyl (C=O) groups excluding carboxylic acids is 2. The molecule has 0 radical (unpaired) electrons. The molecule has 1 aromatic heterocycles. The van der Waals surface area contributed by atoms with Crippen LogP contribution in [0.5, 0.6) is 0 Å². The van der Waals surface area contributed by atoms with Crippen molar-refractivity contribution in [3.8, 4) is 0 Å². The second-order valence-corrected chi connectivity index (χ2v) is 8.75. The molecule has 2 aromatic rings. The maximum absolute atomic E-state index is 13.6. The van der Waals surface area contributed by atoms with Crippen LogP contribution in [0.25, 0.3) is 0 Å². The third kappa shape index (κ3) is 5.57. The number of anilines is 1. The van der Waals surface area contributed by atoms with Gasteiger partial charge in [-0.1, -0.05) is 31.0 Å². The van der Waals surface area contributed by atoms with Gasteiger partial charge in [0.05, 0.1) is 17.5 Å². The smallest absolute Gasteiger partial charge is 0.243 e. The lowest BCUT2D eigenvalue weighted by Gasteiger charge is -2.25. The largest absolute Gasteiger partial charge is 0.346 e. The van der Waals surface area contributed by atoms with Gasteiger partial charge in [-0.05, 0) is 38.8 Å². The zero-order chi connectivity index (χ0) is 22.5. The standard InChI is InChI=1S/C20H24F3N5O2S/c1-11(31-20-27-26-12(2)28(20)13-6-4-3-5-7-13)19(30)24-10-16(29)25-15-9-8-14(21)17(22)18(15)23/h8-9,11,13H,3-7,10H2,1-2H3,(H,24,30)(H,25,29). The van der Waals surface area contributed by atoms with Crippen molar-refractivity contribution in [3.63, 3.8) is 0 Å². The first kappa shape index (κ1) is 23.1. The van der Waals surface area contributed by atoms with E-state index in [1.54, 1.807) is 6.92 Å². The summed E-state index contributed by atoms with van der Waals surface area (Å²) in [5.74, 6) is -4.91. The van der Waals surface area contributed by atoms with Gasteiger partial charge in [0.1, 0.15) is 5.82 Å². The Balaban J connectivity index is 1.54. The topological polar surface area (TPSA) is 88.9 Å². The van der Waals surface area contributed by atoms with Crippen LogP contribution in [0.15, 0.2) is 17.3 Å². The predicted molar refractivity (Wildman–Crippen MR) is 110 cm³/mol. The first-order chi connectivity index (χ1) is 14.8. The zero-order valence-corrected chi connectivity index (χ0v) is 18.1. The van der Waals surface area contributed by atoms with Crippen LogP contribution in [-0.4, -0.2) is 38.4 Å². The highest BCUT2D eigenvalue weighted by Crippen LogP contribution is 2.33. The SMILES string of the molecule is Cc1nnc(SC(C)C(=O)NCC(=O)Nc2ccc(F)c(F)c2F)n1C1CCCCC1. The molecule has 0 spiro atoms. The third-order valence-electron chi connectivity index (χ3n) is 5.16. The van der Waals surface area contributed by atoms with Crippen molar-refractivity contribution >= 4 is 29.3 Å². The van der Waals surface area contributed by atoms with Crippen molar-refractivity contribution in [1.82, 2.24) is 20.1 Å². The highest BCUT2D eigenvalue weighted by molar-refractivity contribution is 8.00. The number of aryl methyl sites for hydroxylation is 1. The molecule has 2 amide bonds. The summed E-state index contributed by atoms with van der Waals surface area (Å²) in [5.41, 5.74) is -0.503. The number of benzene rings is 1. The van der Waals surface area contributed by atoms with Crippen molar-refractivity contribution < 1.29 is 22.8 Å².